The molecular weight excluding hydrogens is 200 g/mol. The summed E-state index contributed by atoms with van der Waals surface area (Å²) in [6.45, 7) is 3.44. The second-order valence-corrected chi connectivity index (χ2v) is 3.41. The topological polar surface area (TPSA) is 69.7 Å². The number of Topliss-reactive ketones (excluding diaryl/α,β-unsaturated/α-hetero) is 2. The second kappa shape index (κ2) is 5.60. The van der Waals surface area contributed by atoms with Crippen LogP contribution in [0.3, 0.4) is 0 Å². The van der Waals surface area contributed by atoms with Crippen LogP contribution in [0.25, 0.3) is 0 Å². The fourth-order valence-electron chi connectivity index (χ4n) is 1.17. The van der Waals surface area contributed by atoms with Crippen molar-refractivity contribution >= 4 is 17.5 Å². The van der Waals surface area contributed by atoms with Crippen molar-refractivity contribution in [2.24, 2.45) is 5.41 Å². The number of ketones is 2. The van der Waals surface area contributed by atoms with E-state index in [0.717, 1.165) is 0 Å². The molecule has 0 aliphatic heterocycles. The molecule has 0 saturated heterocycles. The molecule has 0 unspecified atom stereocenters. The number of esters is 1. The van der Waals surface area contributed by atoms with Crippen molar-refractivity contribution in [3.63, 3.8) is 0 Å². The highest BCUT2D eigenvalue weighted by Crippen LogP contribution is 2.21. The third-order valence-electron chi connectivity index (χ3n) is 2.26. The molecule has 86 valence electrons. The molecule has 0 aromatic rings. The molecule has 0 aromatic carbocycles. The van der Waals surface area contributed by atoms with Crippen LogP contribution in [0.1, 0.15) is 20.8 Å². The van der Waals surface area contributed by atoms with Gasteiger partial charge in [0.2, 0.25) is 0 Å². The van der Waals surface area contributed by atoms with Crippen LogP contribution >= 0.6 is 0 Å². The highest BCUT2D eigenvalue weighted by molar-refractivity contribution is 6.05. The van der Waals surface area contributed by atoms with Crippen molar-refractivity contribution in [1.29, 1.82) is 0 Å². The second-order valence-electron chi connectivity index (χ2n) is 3.41. The molecule has 5 nitrogen and oxygen atoms in total. The van der Waals surface area contributed by atoms with Crippen molar-refractivity contribution < 1.29 is 23.9 Å². The summed E-state index contributed by atoms with van der Waals surface area (Å²) >= 11 is 0. The molecule has 0 N–H and O–H groups in total. The van der Waals surface area contributed by atoms with Crippen molar-refractivity contribution in [3.8, 4) is 0 Å². The van der Waals surface area contributed by atoms with Crippen molar-refractivity contribution in [3.05, 3.63) is 0 Å². The summed E-state index contributed by atoms with van der Waals surface area (Å²) in [6, 6.07) is 0. The molecule has 0 bridgehead atoms. The van der Waals surface area contributed by atoms with Crippen molar-refractivity contribution in [1.82, 2.24) is 0 Å². The molecule has 0 fully saturated rings. The first kappa shape index (κ1) is 13.8. The molecule has 0 saturated carbocycles. The predicted octanol–water partition coefficient (Wildman–Crippen LogP) is 0.360. The molecule has 0 amide bonds. The lowest BCUT2D eigenvalue weighted by Crippen LogP contribution is -2.45. The lowest BCUT2D eigenvalue weighted by Gasteiger charge is -2.26. The van der Waals surface area contributed by atoms with E-state index in [1.807, 2.05) is 0 Å². The maximum absolute atomic E-state index is 11.4. The molecule has 0 radical (unpaired) electrons. The molecule has 15 heavy (non-hydrogen) atoms. The number of ether oxygens (including phenoxy) is 2. The standard InChI is InChI=1S/C10H16O5/c1-7(11)10(5-14-4,8(2)12)6-15-9(3)13/h5-6H2,1-4H3. The number of rotatable bonds is 6. The Morgan fingerprint density at radius 3 is 1.73 bits per heavy atom. The Labute approximate surface area is 88.7 Å². The van der Waals surface area contributed by atoms with Gasteiger partial charge in [-0.25, -0.2) is 0 Å². The number of methoxy groups -OCH3 is 1. The van der Waals surface area contributed by atoms with Gasteiger partial charge in [-0.3, -0.25) is 14.4 Å². The van der Waals surface area contributed by atoms with E-state index in [1.165, 1.54) is 27.9 Å². The van der Waals surface area contributed by atoms with Gasteiger partial charge in [0.25, 0.3) is 0 Å². The zero-order chi connectivity index (χ0) is 12.1. The molecule has 0 heterocycles. The Balaban J connectivity index is 4.87. The first-order valence-electron chi connectivity index (χ1n) is 4.51. The average Bonchev–Trinajstić information content (AvgIpc) is 2.10. The Hall–Kier alpha value is -1.23. The highest BCUT2D eigenvalue weighted by Gasteiger charge is 2.42. The third-order valence-corrected chi connectivity index (χ3v) is 2.26. The summed E-state index contributed by atoms with van der Waals surface area (Å²) in [5, 5.41) is 0. The van der Waals surface area contributed by atoms with Crippen molar-refractivity contribution in [2.75, 3.05) is 20.3 Å². The number of carbonyl (C=O) groups excluding carboxylic acids is 3. The van der Waals surface area contributed by atoms with Crippen LogP contribution in [-0.2, 0) is 23.9 Å². The number of hydrogen-bond acceptors (Lipinski definition) is 5. The summed E-state index contributed by atoms with van der Waals surface area (Å²) in [6.07, 6.45) is 0. The smallest absolute Gasteiger partial charge is 0.302 e. The van der Waals surface area contributed by atoms with E-state index in [2.05, 4.69) is 0 Å². The summed E-state index contributed by atoms with van der Waals surface area (Å²) < 4.78 is 9.55. The summed E-state index contributed by atoms with van der Waals surface area (Å²) in [5.41, 5.74) is -1.36. The lowest BCUT2D eigenvalue weighted by molar-refractivity contribution is -0.154. The minimum atomic E-state index is -1.36. The zero-order valence-corrected chi connectivity index (χ0v) is 9.46. The third kappa shape index (κ3) is 3.43. The Kier molecular flexibility index (Phi) is 5.14. The molecule has 0 spiro atoms. The monoisotopic (exact) mass is 216 g/mol. The quantitative estimate of drug-likeness (QED) is 0.473. The maximum Gasteiger partial charge on any atom is 0.302 e. The molecule has 5 heteroatoms. The van der Waals surface area contributed by atoms with Gasteiger partial charge in [-0.1, -0.05) is 0 Å². The minimum absolute atomic E-state index is 0.0784. The van der Waals surface area contributed by atoms with Gasteiger partial charge >= 0.3 is 5.97 Å². The van der Waals surface area contributed by atoms with Gasteiger partial charge in [0.1, 0.15) is 23.6 Å². The van der Waals surface area contributed by atoms with Gasteiger partial charge < -0.3 is 9.47 Å². The van der Waals surface area contributed by atoms with Crippen LogP contribution in [-0.4, -0.2) is 37.9 Å². The number of carbonyl (C=O) groups is 3. The first-order chi connectivity index (χ1) is 6.86. The minimum Gasteiger partial charge on any atom is -0.464 e. The van der Waals surface area contributed by atoms with E-state index in [0.29, 0.717) is 0 Å². The van der Waals surface area contributed by atoms with Gasteiger partial charge in [0.15, 0.2) is 0 Å². The van der Waals surface area contributed by atoms with Crippen LogP contribution < -0.4 is 0 Å². The summed E-state index contributed by atoms with van der Waals surface area (Å²) in [4.78, 5) is 33.5. The highest BCUT2D eigenvalue weighted by atomic mass is 16.5. The number of hydrogen-bond donors (Lipinski definition) is 0. The van der Waals surface area contributed by atoms with Crippen LogP contribution in [0, 0.1) is 5.41 Å². The molecule has 0 aromatic heterocycles. The normalized spacial score (nSPS) is 10.9. The maximum atomic E-state index is 11.4. The van der Waals surface area contributed by atoms with Gasteiger partial charge in [0.05, 0.1) is 6.61 Å². The molecule has 0 rings (SSSR count). The Bertz CT molecular complexity index is 255. The Morgan fingerprint density at radius 2 is 1.47 bits per heavy atom. The van der Waals surface area contributed by atoms with E-state index < -0.39 is 11.4 Å². The fraction of sp³-hybridized carbons (Fsp3) is 0.700. The fourth-order valence-corrected chi connectivity index (χ4v) is 1.17. The van der Waals surface area contributed by atoms with Gasteiger partial charge in [-0.15, -0.1) is 0 Å². The Morgan fingerprint density at radius 1 is 1.00 bits per heavy atom. The zero-order valence-electron chi connectivity index (χ0n) is 9.46. The predicted molar refractivity (Wildman–Crippen MR) is 52.3 cm³/mol. The molecule has 0 atom stereocenters. The van der Waals surface area contributed by atoms with Crippen molar-refractivity contribution in [2.45, 2.75) is 20.8 Å². The van der Waals surface area contributed by atoms with Crippen LogP contribution in [0.15, 0.2) is 0 Å². The summed E-state index contributed by atoms with van der Waals surface area (Å²) in [7, 11) is 1.38. The van der Waals surface area contributed by atoms with E-state index in [4.69, 9.17) is 9.47 Å². The van der Waals surface area contributed by atoms with E-state index >= 15 is 0 Å². The van der Waals surface area contributed by atoms with E-state index in [-0.39, 0.29) is 24.8 Å². The molecule has 0 aliphatic rings. The van der Waals surface area contributed by atoms with Gasteiger partial charge in [-0.2, -0.15) is 0 Å². The van der Waals surface area contributed by atoms with Crippen LogP contribution in [0.4, 0.5) is 0 Å². The van der Waals surface area contributed by atoms with Crippen LogP contribution in [0.5, 0.6) is 0 Å². The molecular formula is C10H16O5. The summed E-state index contributed by atoms with van der Waals surface area (Å²) in [5.74, 6) is -1.26. The largest absolute Gasteiger partial charge is 0.464 e. The lowest BCUT2D eigenvalue weighted by atomic mass is 9.82. The van der Waals surface area contributed by atoms with Gasteiger partial charge in [-0.05, 0) is 13.8 Å². The van der Waals surface area contributed by atoms with Crippen LogP contribution in [0.2, 0.25) is 0 Å². The average molecular weight is 216 g/mol. The molecule has 0 aliphatic carbocycles. The first-order valence-corrected chi connectivity index (χ1v) is 4.51. The van der Waals surface area contributed by atoms with E-state index in [9.17, 15) is 14.4 Å². The van der Waals surface area contributed by atoms with E-state index in [1.54, 1.807) is 0 Å². The van der Waals surface area contributed by atoms with Gasteiger partial charge in [0, 0.05) is 14.0 Å². The SMILES string of the molecule is COCC(COC(C)=O)(C(C)=O)C(C)=O.